The SMILES string of the molecule is Cc1ccc(-n2ncc(-c3cc(C(=O)O)c4cc(Br)ccc4n3)c2C)c(Cl)c1. The summed E-state index contributed by atoms with van der Waals surface area (Å²) in [4.78, 5) is 16.5. The molecule has 2 aromatic carbocycles. The first-order chi connectivity index (χ1) is 13.3. The maximum Gasteiger partial charge on any atom is 0.336 e. The van der Waals surface area contributed by atoms with Gasteiger partial charge in [-0.05, 0) is 55.8 Å². The van der Waals surface area contributed by atoms with Crippen LogP contribution in [0, 0.1) is 13.8 Å². The van der Waals surface area contributed by atoms with E-state index in [9.17, 15) is 9.90 Å². The number of carboxylic acids is 1. The highest BCUT2D eigenvalue weighted by Crippen LogP contribution is 2.31. The standard InChI is InChI=1S/C21H15BrClN3O2/c1-11-3-6-20(17(23)7-11)26-12(2)16(10-24-26)19-9-15(21(27)28)14-8-13(22)4-5-18(14)25-19/h3-10H,1-2H3,(H,27,28). The average Bonchev–Trinajstić information content (AvgIpc) is 3.02. The number of fused-ring (bicyclic) bond motifs is 1. The molecule has 4 aromatic rings. The van der Waals surface area contributed by atoms with Gasteiger partial charge in [0.15, 0.2) is 0 Å². The van der Waals surface area contributed by atoms with Crippen molar-refractivity contribution in [2.45, 2.75) is 13.8 Å². The van der Waals surface area contributed by atoms with Crippen LogP contribution in [0.3, 0.4) is 0 Å². The number of hydrogen-bond acceptors (Lipinski definition) is 3. The van der Waals surface area contributed by atoms with Gasteiger partial charge in [-0.2, -0.15) is 5.10 Å². The van der Waals surface area contributed by atoms with Gasteiger partial charge in [-0.1, -0.05) is 33.6 Å². The Labute approximate surface area is 174 Å². The Morgan fingerprint density at radius 3 is 2.64 bits per heavy atom. The van der Waals surface area contributed by atoms with Crippen LogP contribution >= 0.6 is 27.5 Å². The third-order valence-electron chi connectivity index (χ3n) is 4.62. The molecule has 28 heavy (non-hydrogen) atoms. The maximum absolute atomic E-state index is 11.8. The molecule has 5 nitrogen and oxygen atoms in total. The van der Waals surface area contributed by atoms with Crippen LogP contribution in [0.4, 0.5) is 0 Å². The lowest BCUT2D eigenvalue weighted by atomic mass is 10.0. The Balaban J connectivity index is 1.91. The largest absolute Gasteiger partial charge is 0.478 e. The molecular formula is C21H15BrClN3O2. The van der Waals surface area contributed by atoms with Gasteiger partial charge in [-0.25, -0.2) is 14.5 Å². The normalized spacial score (nSPS) is 11.1. The fourth-order valence-corrected chi connectivity index (χ4v) is 3.88. The second kappa shape index (κ2) is 7.04. The summed E-state index contributed by atoms with van der Waals surface area (Å²) in [6, 6.07) is 12.7. The highest BCUT2D eigenvalue weighted by Gasteiger charge is 2.18. The Hall–Kier alpha value is -2.70. The van der Waals surface area contributed by atoms with Crippen LogP contribution in [0.5, 0.6) is 0 Å². The van der Waals surface area contributed by atoms with E-state index in [1.807, 2.05) is 38.1 Å². The first kappa shape index (κ1) is 18.7. The molecular weight excluding hydrogens is 442 g/mol. The third-order valence-corrected chi connectivity index (χ3v) is 5.41. The van der Waals surface area contributed by atoms with Crippen molar-refractivity contribution < 1.29 is 9.90 Å². The molecule has 0 aliphatic heterocycles. The molecule has 0 saturated carbocycles. The van der Waals surface area contributed by atoms with Crippen molar-refractivity contribution in [3.05, 3.63) is 75.0 Å². The van der Waals surface area contributed by atoms with E-state index >= 15 is 0 Å². The molecule has 0 radical (unpaired) electrons. The summed E-state index contributed by atoms with van der Waals surface area (Å²) in [6.07, 6.45) is 1.68. The van der Waals surface area contributed by atoms with Gasteiger partial charge in [0.2, 0.25) is 0 Å². The lowest BCUT2D eigenvalue weighted by molar-refractivity contribution is 0.0699. The zero-order chi connectivity index (χ0) is 20.0. The Kier molecular flexibility index (Phi) is 4.69. The molecule has 0 saturated heterocycles. The monoisotopic (exact) mass is 455 g/mol. The molecule has 7 heteroatoms. The number of aryl methyl sites for hydroxylation is 1. The first-order valence-electron chi connectivity index (χ1n) is 8.50. The summed E-state index contributed by atoms with van der Waals surface area (Å²) in [7, 11) is 0. The molecule has 0 amide bonds. The highest BCUT2D eigenvalue weighted by atomic mass is 79.9. The van der Waals surface area contributed by atoms with Crippen LogP contribution in [-0.2, 0) is 0 Å². The number of hydrogen-bond donors (Lipinski definition) is 1. The van der Waals surface area contributed by atoms with Crippen LogP contribution < -0.4 is 0 Å². The van der Waals surface area contributed by atoms with Crippen molar-refractivity contribution in [1.82, 2.24) is 14.8 Å². The number of carbonyl (C=O) groups is 1. The summed E-state index contributed by atoms with van der Waals surface area (Å²) < 4.78 is 2.54. The molecule has 2 heterocycles. The molecule has 0 unspecified atom stereocenters. The van der Waals surface area contributed by atoms with Gasteiger partial charge in [0.25, 0.3) is 0 Å². The van der Waals surface area contributed by atoms with E-state index in [-0.39, 0.29) is 5.56 Å². The van der Waals surface area contributed by atoms with Gasteiger partial charge in [0, 0.05) is 15.4 Å². The van der Waals surface area contributed by atoms with Gasteiger partial charge < -0.3 is 5.11 Å². The van der Waals surface area contributed by atoms with E-state index in [0.29, 0.717) is 21.6 Å². The molecule has 2 aromatic heterocycles. The minimum atomic E-state index is -1.00. The molecule has 140 valence electrons. The van der Waals surface area contributed by atoms with Gasteiger partial charge in [-0.3, -0.25) is 0 Å². The number of aromatic carboxylic acids is 1. The van der Waals surface area contributed by atoms with Crippen molar-refractivity contribution in [3.8, 4) is 16.9 Å². The van der Waals surface area contributed by atoms with Gasteiger partial charge in [-0.15, -0.1) is 0 Å². The van der Waals surface area contributed by atoms with E-state index in [4.69, 9.17) is 11.6 Å². The van der Waals surface area contributed by atoms with Crippen LogP contribution in [-0.4, -0.2) is 25.8 Å². The predicted molar refractivity (Wildman–Crippen MR) is 113 cm³/mol. The molecule has 0 fully saturated rings. The summed E-state index contributed by atoms with van der Waals surface area (Å²) in [5, 5.41) is 15.3. The lowest BCUT2D eigenvalue weighted by Crippen LogP contribution is -2.02. The average molecular weight is 457 g/mol. The third kappa shape index (κ3) is 3.19. The Bertz CT molecular complexity index is 1250. The van der Waals surface area contributed by atoms with Crippen molar-refractivity contribution in [2.75, 3.05) is 0 Å². The minimum absolute atomic E-state index is 0.196. The smallest absolute Gasteiger partial charge is 0.336 e. The van der Waals surface area contributed by atoms with E-state index < -0.39 is 5.97 Å². The van der Waals surface area contributed by atoms with Crippen LogP contribution in [0.25, 0.3) is 27.8 Å². The Morgan fingerprint density at radius 1 is 1.14 bits per heavy atom. The van der Waals surface area contributed by atoms with Crippen molar-refractivity contribution >= 4 is 44.4 Å². The van der Waals surface area contributed by atoms with Gasteiger partial charge in [0.1, 0.15) is 0 Å². The Morgan fingerprint density at radius 2 is 1.93 bits per heavy atom. The number of nitrogens with zero attached hydrogens (tertiary/aromatic N) is 3. The van der Waals surface area contributed by atoms with E-state index in [1.165, 1.54) is 0 Å². The molecule has 0 aliphatic carbocycles. The number of aromatic nitrogens is 3. The zero-order valence-electron chi connectivity index (χ0n) is 15.1. The molecule has 0 spiro atoms. The van der Waals surface area contributed by atoms with Gasteiger partial charge in [0.05, 0.1) is 39.4 Å². The first-order valence-corrected chi connectivity index (χ1v) is 9.67. The van der Waals surface area contributed by atoms with Crippen LogP contribution in [0.2, 0.25) is 5.02 Å². The number of carboxylic acid groups (broad SMARTS) is 1. The summed E-state index contributed by atoms with van der Waals surface area (Å²) in [5.74, 6) is -1.00. The number of rotatable bonds is 3. The zero-order valence-corrected chi connectivity index (χ0v) is 17.4. The summed E-state index contributed by atoms with van der Waals surface area (Å²) >= 11 is 9.78. The molecule has 4 rings (SSSR count). The number of halogens is 2. The quantitative estimate of drug-likeness (QED) is 0.422. The highest BCUT2D eigenvalue weighted by molar-refractivity contribution is 9.10. The summed E-state index contributed by atoms with van der Waals surface area (Å²) in [5.41, 5.74) is 4.76. The van der Waals surface area contributed by atoms with Crippen molar-refractivity contribution in [2.24, 2.45) is 0 Å². The molecule has 0 atom stereocenters. The molecule has 0 bridgehead atoms. The van der Waals surface area contributed by atoms with Crippen LogP contribution in [0.1, 0.15) is 21.6 Å². The molecule has 0 aliphatic rings. The van der Waals surface area contributed by atoms with Gasteiger partial charge >= 0.3 is 5.97 Å². The summed E-state index contributed by atoms with van der Waals surface area (Å²) in [6.45, 7) is 3.88. The van der Waals surface area contributed by atoms with E-state index in [2.05, 4.69) is 26.0 Å². The topological polar surface area (TPSA) is 68.0 Å². The van der Waals surface area contributed by atoms with Crippen molar-refractivity contribution in [1.29, 1.82) is 0 Å². The fraction of sp³-hybridized carbons (Fsp3) is 0.0952. The van der Waals surface area contributed by atoms with Crippen LogP contribution in [0.15, 0.2) is 53.1 Å². The van der Waals surface area contributed by atoms with E-state index in [0.717, 1.165) is 27.0 Å². The van der Waals surface area contributed by atoms with Crippen molar-refractivity contribution in [3.63, 3.8) is 0 Å². The predicted octanol–water partition coefficient (Wildman–Crippen LogP) is 5.82. The lowest BCUT2D eigenvalue weighted by Gasteiger charge is -2.10. The second-order valence-corrected chi connectivity index (χ2v) is 7.85. The molecule has 1 N–H and O–H groups in total. The second-order valence-electron chi connectivity index (χ2n) is 6.53. The minimum Gasteiger partial charge on any atom is -0.478 e. The van der Waals surface area contributed by atoms with E-state index in [1.54, 1.807) is 29.1 Å². The number of benzene rings is 2. The fourth-order valence-electron chi connectivity index (χ4n) is 3.20. The number of pyridine rings is 1. The maximum atomic E-state index is 11.8.